The molecule has 16 heavy (non-hydrogen) atoms. The molecule has 0 unspecified atom stereocenters. The summed E-state index contributed by atoms with van der Waals surface area (Å²) in [6, 6.07) is 0. The number of rotatable bonds is 5. The van der Waals surface area contributed by atoms with Crippen molar-refractivity contribution in [3.63, 3.8) is 0 Å². The third-order valence-electron chi connectivity index (χ3n) is 2.95. The van der Waals surface area contributed by atoms with Crippen molar-refractivity contribution in [2.75, 3.05) is 26.3 Å². The topological polar surface area (TPSA) is 102 Å². The average Bonchev–Trinajstić information content (AvgIpc) is 2.29. The van der Waals surface area contributed by atoms with Gasteiger partial charge in [0, 0.05) is 26.3 Å². The minimum absolute atomic E-state index is 0.0666. The third-order valence-corrected chi connectivity index (χ3v) is 2.95. The van der Waals surface area contributed by atoms with Crippen molar-refractivity contribution in [3.05, 3.63) is 0 Å². The summed E-state index contributed by atoms with van der Waals surface area (Å²) in [4.78, 5) is 22.2. The number of hydrogen-bond donors (Lipinski definition) is 3. The molecule has 0 aliphatic carbocycles. The highest BCUT2D eigenvalue weighted by Crippen LogP contribution is 2.29. The molecule has 1 fully saturated rings. The minimum atomic E-state index is -0.922. The number of carbonyl (C=O) groups excluding carboxylic acids is 1. The smallest absolute Gasteiger partial charge is 0.305 e. The predicted molar refractivity (Wildman–Crippen MR) is 56.8 cm³/mol. The van der Waals surface area contributed by atoms with E-state index in [4.69, 9.17) is 15.6 Å². The fourth-order valence-electron chi connectivity index (χ4n) is 1.76. The number of nitrogens with two attached hydrogens (primary N) is 1. The van der Waals surface area contributed by atoms with Crippen LogP contribution < -0.4 is 11.1 Å². The summed E-state index contributed by atoms with van der Waals surface area (Å²) in [6.07, 6.45) is 1.13. The first kappa shape index (κ1) is 12.9. The summed E-state index contributed by atoms with van der Waals surface area (Å²) in [5.74, 6) is -1.08. The zero-order valence-corrected chi connectivity index (χ0v) is 9.20. The number of amides is 1. The van der Waals surface area contributed by atoms with Crippen LogP contribution in [0.2, 0.25) is 0 Å². The second kappa shape index (κ2) is 5.81. The fraction of sp³-hybridized carbons (Fsp3) is 0.800. The van der Waals surface area contributed by atoms with Crippen molar-refractivity contribution in [1.82, 2.24) is 5.32 Å². The summed E-state index contributed by atoms with van der Waals surface area (Å²) in [5.41, 5.74) is 5.07. The Balaban J connectivity index is 2.45. The van der Waals surface area contributed by atoms with Crippen LogP contribution in [0.5, 0.6) is 0 Å². The van der Waals surface area contributed by atoms with Crippen LogP contribution in [-0.4, -0.2) is 43.3 Å². The number of carboxylic acid groups (broad SMARTS) is 1. The van der Waals surface area contributed by atoms with Gasteiger partial charge >= 0.3 is 5.97 Å². The van der Waals surface area contributed by atoms with Crippen LogP contribution in [0, 0.1) is 5.41 Å². The van der Waals surface area contributed by atoms with E-state index in [1.54, 1.807) is 0 Å². The monoisotopic (exact) mass is 230 g/mol. The molecule has 0 aromatic carbocycles. The SMILES string of the molecule is NCC1(C(=O)NCCC(=O)O)CCOCC1. The van der Waals surface area contributed by atoms with Gasteiger partial charge < -0.3 is 20.9 Å². The van der Waals surface area contributed by atoms with E-state index in [0.29, 0.717) is 26.1 Å². The Hall–Kier alpha value is -1.14. The molecule has 0 aromatic heterocycles. The van der Waals surface area contributed by atoms with E-state index in [-0.39, 0.29) is 25.4 Å². The zero-order chi connectivity index (χ0) is 12.0. The first-order chi connectivity index (χ1) is 7.60. The van der Waals surface area contributed by atoms with Gasteiger partial charge in [-0.25, -0.2) is 0 Å². The molecule has 0 saturated carbocycles. The molecule has 0 radical (unpaired) electrons. The van der Waals surface area contributed by atoms with E-state index in [1.165, 1.54) is 0 Å². The maximum Gasteiger partial charge on any atom is 0.305 e. The van der Waals surface area contributed by atoms with Gasteiger partial charge in [-0.05, 0) is 12.8 Å². The molecule has 4 N–H and O–H groups in total. The quantitative estimate of drug-likeness (QED) is 0.581. The number of nitrogens with one attached hydrogen (secondary N) is 1. The number of ether oxygens (including phenoxy) is 1. The van der Waals surface area contributed by atoms with Crippen molar-refractivity contribution < 1.29 is 19.4 Å². The molecular formula is C10H18N2O4. The number of carbonyl (C=O) groups is 2. The van der Waals surface area contributed by atoms with Gasteiger partial charge in [0.25, 0.3) is 0 Å². The van der Waals surface area contributed by atoms with Crippen LogP contribution in [0.25, 0.3) is 0 Å². The summed E-state index contributed by atoms with van der Waals surface area (Å²) >= 11 is 0. The van der Waals surface area contributed by atoms with Gasteiger partial charge in [-0.1, -0.05) is 0 Å². The molecule has 0 atom stereocenters. The van der Waals surface area contributed by atoms with Gasteiger partial charge in [0.15, 0.2) is 0 Å². The average molecular weight is 230 g/mol. The largest absolute Gasteiger partial charge is 0.481 e. The molecule has 92 valence electrons. The summed E-state index contributed by atoms with van der Waals surface area (Å²) in [6.45, 7) is 1.49. The highest BCUT2D eigenvalue weighted by Gasteiger charge is 2.38. The Morgan fingerprint density at radius 2 is 2.00 bits per heavy atom. The van der Waals surface area contributed by atoms with Crippen LogP contribution in [0.4, 0.5) is 0 Å². The normalized spacial score (nSPS) is 19.1. The number of aliphatic carboxylic acids is 1. The highest BCUT2D eigenvalue weighted by molar-refractivity contribution is 5.83. The molecule has 0 bridgehead atoms. The van der Waals surface area contributed by atoms with E-state index < -0.39 is 11.4 Å². The summed E-state index contributed by atoms with van der Waals surface area (Å²) < 4.78 is 5.19. The van der Waals surface area contributed by atoms with Crippen LogP contribution in [0.15, 0.2) is 0 Å². The molecule has 1 saturated heterocycles. The molecule has 1 aliphatic heterocycles. The molecule has 1 heterocycles. The standard InChI is InChI=1S/C10H18N2O4/c11-7-10(2-5-16-6-3-10)9(15)12-4-1-8(13)14/h1-7,11H2,(H,12,15)(H,13,14). The third kappa shape index (κ3) is 3.18. The number of hydrogen-bond acceptors (Lipinski definition) is 4. The van der Waals surface area contributed by atoms with Gasteiger partial charge in [0.1, 0.15) is 0 Å². The molecule has 1 rings (SSSR count). The summed E-state index contributed by atoms with van der Waals surface area (Å²) in [5, 5.41) is 11.1. The lowest BCUT2D eigenvalue weighted by Gasteiger charge is -2.34. The van der Waals surface area contributed by atoms with Gasteiger partial charge in [0.2, 0.25) is 5.91 Å². The minimum Gasteiger partial charge on any atom is -0.481 e. The Kier molecular flexibility index (Phi) is 4.70. The lowest BCUT2D eigenvalue weighted by molar-refractivity contribution is -0.138. The van der Waals surface area contributed by atoms with Crippen molar-refractivity contribution in [1.29, 1.82) is 0 Å². The molecule has 1 amide bonds. The van der Waals surface area contributed by atoms with E-state index in [9.17, 15) is 9.59 Å². The second-order valence-corrected chi connectivity index (χ2v) is 4.00. The number of carboxylic acids is 1. The second-order valence-electron chi connectivity index (χ2n) is 4.00. The molecule has 6 nitrogen and oxygen atoms in total. The van der Waals surface area contributed by atoms with E-state index in [0.717, 1.165) is 0 Å². The van der Waals surface area contributed by atoms with Crippen LogP contribution in [0.1, 0.15) is 19.3 Å². The van der Waals surface area contributed by atoms with Crippen LogP contribution in [-0.2, 0) is 14.3 Å². The molecule has 0 spiro atoms. The molecular weight excluding hydrogens is 212 g/mol. The van der Waals surface area contributed by atoms with Gasteiger partial charge in [-0.3, -0.25) is 9.59 Å². The molecule has 1 aliphatic rings. The predicted octanol–water partition coefficient (Wildman–Crippen LogP) is -0.667. The first-order valence-corrected chi connectivity index (χ1v) is 5.39. The highest BCUT2D eigenvalue weighted by atomic mass is 16.5. The maximum absolute atomic E-state index is 11.9. The van der Waals surface area contributed by atoms with E-state index in [2.05, 4.69) is 5.32 Å². The Labute approximate surface area is 94.1 Å². The Morgan fingerprint density at radius 1 is 1.38 bits per heavy atom. The van der Waals surface area contributed by atoms with Gasteiger partial charge in [0.05, 0.1) is 11.8 Å². The molecule has 0 aromatic rings. The molecule has 6 heteroatoms. The van der Waals surface area contributed by atoms with Crippen LogP contribution in [0.3, 0.4) is 0 Å². The first-order valence-electron chi connectivity index (χ1n) is 5.39. The maximum atomic E-state index is 11.9. The van der Waals surface area contributed by atoms with Crippen molar-refractivity contribution in [3.8, 4) is 0 Å². The fourth-order valence-corrected chi connectivity index (χ4v) is 1.76. The van der Waals surface area contributed by atoms with Crippen molar-refractivity contribution in [2.45, 2.75) is 19.3 Å². The zero-order valence-electron chi connectivity index (χ0n) is 9.20. The van der Waals surface area contributed by atoms with Gasteiger partial charge in [-0.15, -0.1) is 0 Å². The van der Waals surface area contributed by atoms with E-state index >= 15 is 0 Å². The van der Waals surface area contributed by atoms with Crippen molar-refractivity contribution >= 4 is 11.9 Å². The van der Waals surface area contributed by atoms with E-state index in [1.807, 2.05) is 0 Å². The lowest BCUT2D eigenvalue weighted by Crippen LogP contribution is -2.49. The van der Waals surface area contributed by atoms with Crippen LogP contribution >= 0.6 is 0 Å². The van der Waals surface area contributed by atoms with Gasteiger partial charge in [-0.2, -0.15) is 0 Å². The Morgan fingerprint density at radius 3 is 2.50 bits per heavy atom. The summed E-state index contributed by atoms with van der Waals surface area (Å²) in [7, 11) is 0. The van der Waals surface area contributed by atoms with Crippen molar-refractivity contribution in [2.24, 2.45) is 11.1 Å². The Bertz CT molecular complexity index is 262. The lowest BCUT2D eigenvalue weighted by atomic mass is 9.79.